The Balaban J connectivity index is 0.000000260. The number of benzene rings is 4. The lowest BCUT2D eigenvalue weighted by molar-refractivity contribution is -0.171. The van der Waals surface area contributed by atoms with Crippen LogP contribution in [0.3, 0.4) is 0 Å². The summed E-state index contributed by atoms with van der Waals surface area (Å²) in [6.07, 6.45) is 4.28. The first kappa shape index (κ1) is 46.1. The van der Waals surface area contributed by atoms with Gasteiger partial charge in [0, 0.05) is 31.9 Å². The van der Waals surface area contributed by atoms with Crippen LogP contribution in [0.2, 0.25) is 20.1 Å². The Labute approximate surface area is 357 Å². The first-order valence-electron chi connectivity index (χ1n) is 19.1. The third-order valence-electron chi connectivity index (χ3n) is 10.8. The van der Waals surface area contributed by atoms with Crippen molar-refractivity contribution in [1.29, 1.82) is 0 Å². The van der Waals surface area contributed by atoms with E-state index in [2.05, 4.69) is 18.5 Å². The van der Waals surface area contributed by atoms with Crippen molar-refractivity contribution in [3.05, 3.63) is 165 Å². The van der Waals surface area contributed by atoms with Crippen molar-refractivity contribution in [1.82, 2.24) is 5.32 Å². The van der Waals surface area contributed by atoms with Crippen molar-refractivity contribution >= 4 is 58.3 Å². The standard InChI is InChI=1S/C26H33Cl2NO3.C21H20Cl2O2/c1-5-13-26(4,25(32)29-23(16-30)17(2)3)15-22(19-7-6-8-21(28)14-19)24(31)18-9-11-20(27)12-10-18;1-3-11-21(2)13-18(15-5-4-6-17(23)12-15)19(25-20(21)24)14-7-9-16(22)10-8-14/h5-12,14,17,22-24,30-31H,1,13,15-16H2,2-4H3,(H,29,32);3-10,12,18-19H,1,11,13H2,2H3/t22-,23-,24+,26+;18-,19+,21+/m11/s1. The number of amides is 1. The first-order valence-corrected chi connectivity index (χ1v) is 20.6. The minimum Gasteiger partial charge on any atom is -0.456 e. The molecular weight excluding hydrogens is 800 g/mol. The fraction of sp³-hybridized carbons (Fsp3) is 0.362. The number of aliphatic hydroxyl groups excluding tert-OH is 2. The van der Waals surface area contributed by atoms with E-state index in [9.17, 15) is 19.8 Å². The summed E-state index contributed by atoms with van der Waals surface area (Å²) in [5.74, 6) is -0.675. The maximum Gasteiger partial charge on any atom is 0.312 e. The molecule has 4 aromatic carbocycles. The van der Waals surface area contributed by atoms with Crippen LogP contribution in [-0.2, 0) is 14.3 Å². The highest BCUT2D eigenvalue weighted by Gasteiger charge is 2.46. The van der Waals surface area contributed by atoms with Gasteiger partial charge in [-0.05, 0) is 109 Å². The van der Waals surface area contributed by atoms with E-state index in [1.807, 2.05) is 94.4 Å². The van der Waals surface area contributed by atoms with Crippen LogP contribution in [-0.4, -0.2) is 34.7 Å². The predicted octanol–water partition coefficient (Wildman–Crippen LogP) is 12.3. The zero-order valence-electron chi connectivity index (χ0n) is 32.9. The summed E-state index contributed by atoms with van der Waals surface area (Å²) in [7, 11) is 0. The molecule has 3 N–H and O–H groups in total. The van der Waals surface area contributed by atoms with Crippen molar-refractivity contribution in [3.8, 4) is 0 Å². The molecular formula is C47H53Cl4NO5. The van der Waals surface area contributed by atoms with Crippen molar-refractivity contribution in [2.24, 2.45) is 16.7 Å². The Morgan fingerprint density at radius 3 is 2.02 bits per heavy atom. The zero-order valence-corrected chi connectivity index (χ0v) is 36.0. The molecule has 4 aromatic rings. The molecule has 1 fully saturated rings. The van der Waals surface area contributed by atoms with Gasteiger partial charge in [-0.2, -0.15) is 0 Å². The molecule has 0 aromatic heterocycles. The highest BCUT2D eigenvalue weighted by molar-refractivity contribution is 6.31. The van der Waals surface area contributed by atoms with Gasteiger partial charge < -0.3 is 20.3 Å². The third kappa shape index (κ3) is 12.2. The summed E-state index contributed by atoms with van der Waals surface area (Å²) in [6.45, 7) is 15.2. The lowest BCUT2D eigenvalue weighted by Crippen LogP contribution is -2.48. The fourth-order valence-corrected chi connectivity index (χ4v) is 8.01. The largest absolute Gasteiger partial charge is 0.456 e. The topological polar surface area (TPSA) is 95.9 Å². The molecule has 1 aliphatic heterocycles. The summed E-state index contributed by atoms with van der Waals surface area (Å²) in [6, 6.07) is 29.3. The van der Waals surface area contributed by atoms with Gasteiger partial charge >= 0.3 is 5.97 Å². The Bertz CT molecular complexity index is 1970. The number of cyclic esters (lactones) is 1. The number of ether oxygens (including phenoxy) is 1. The number of carbonyl (C=O) groups is 2. The maximum atomic E-state index is 13.4. The van der Waals surface area contributed by atoms with Crippen LogP contribution >= 0.6 is 46.4 Å². The summed E-state index contributed by atoms with van der Waals surface area (Å²) < 4.78 is 5.91. The highest BCUT2D eigenvalue weighted by Crippen LogP contribution is 2.50. The van der Waals surface area contributed by atoms with Gasteiger partial charge in [0.2, 0.25) is 5.91 Å². The van der Waals surface area contributed by atoms with Crippen LogP contribution < -0.4 is 5.32 Å². The molecule has 0 saturated carbocycles. The third-order valence-corrected chi connectivity index (χ3v) is 11.8. The van der Waals surface area contributed by atoms with Gasteiger partial charge in [0.25, 0.3) is 0 Å². The molecule has 5 rings (SSSR count). The van der Waals surface area contributed by atoms with Crippen LogP contribution in [0.15, 0.2) is 122 Å². The fourth-order valence-electron chi connectivity index (χ4n) is 7.36. The number of esters is 1. The Morgan fingerprint density at radius 2 is 1.47 bits per heavy atom. The van der Waals surface area contributed by atoms with E-state index in [0.717, 1.165) is 16.7 Å². The molecule has 304 valence electrons. The highest BCUT2D eigenvalue weighted by atomic mass is 35.5. The van der Waals surface area contributed by atoms with E-state index in [1.54, 1.807) is 42.5 Å². The number of hydrogen-bond acceptors (Lipinski definition) is 5. The van der Waals surface area contributed by atoms with Gasteiger partial charge in [-0.1, -0.05) is 128 Å². The van der Waals surface area contributed by atoms with Gasteiger partial charge in [0.15, 0.2) is 0 Å². The van der Waals surface area contributed by atoms with Gasteiger partial charge in [0.1, 0.15) is 6.10 Å². The van der Waals surface area contributed by atoms with Gasteiger partial charge in [-0.3, -0.25) is 9.59 Å². The van der Waals surface area contributed by atoms with E-state index < -0.39 is 22.9 Å². The number of halogens is 4. The zero-order chi connectivity index (χ0) is 41.9. The second-order valence-corrected chi connectivity index (χ2v) is 17.5. The summed E-state index contributed by atoms with van der Waals surface area (Å²) in [5, 5.41) is 26.5. The predicted molar refractivity (Wildman–Crippen MR) is 234 cm³/mol. The summed E-state index contributed by atoms with van der Waals surface area (Å²) in [5.41, 5.74) is 2.10. The summed E-state index contributed by atoms with van der Waals surface area (Å²) in [4.78, 5) is 26.0. The molecule has 0 radical (unpaired) electrons. The maximum absolute atomic E-state index is 13.4. The van der Waals surface area contributed by atoms with E-state index in [1.165, 1.54) is 0 Å². The van der Waals surface area contributed by atoms with E-state index in [0.29, 0.717) is 51.3 Å². The van der Waals surface area contributed by atoms with Crippen LogP contribution in [0.25, 0.3) is 0 Å². The second-order valence-electron chi connectivity index (χ2n) is 15.7. The first-order chi connectivity index (χ1) is 27.0. The normalized spacial score (nSPS) is 20.5. The molecule has 57 heavy (non-hydrogen) atoms. The molecule has 1 heterocycles. The second kappa shape index (κ2) is 20.9. The van der Waals surface area contributed by atoms with Gasteiger partial charge in [-0.25, -0.2) is 0 Å². The van der Waals surface area contributed by atoms with E-state index in [4.69, 9.17) is 51.1 Å². The van der Waals surface area contributed by atoms with Crippen LogP contribution in [0, 0.1) is 16.7 Å². The number of nitrogens with one attached hydrogen (secondary N) is 1. The molecule has 0 spiro atoms. The van der Waals surface area contributed by atoms with Crippen LogP contribution in [0.1, 0.15) is 99.7 Å². The molecule has 1 aliphatic rings. The molecule has 0 unspecified atom stereocenters. The molecule has 1 amide bonds. The quantitative estimate of drug-likeness (QED) is 0.0818. The van der Waals surface area contributed by atoms with Gasteiger partial charge in [-0.15, -0.1) is 13.2 Å². The Hall–Kier alpha value is -3.62. The van der Waals surface area contributed by atoms with Crippen molar-refractivity contribution in [2.45, 2.75) is 83.5 Å². The lowest BCUT2D eigenvalue weighted by atomic mass is 9.71. The van der Waals surface area contributed by atoms with Crippen molar-refractivity contribution in [3.63, 3.8) is 0 Å². The summed E-state index contributed by atoms with van der Waals surface area (Å²) >= 11 is 24.5. The number of carbonyl (C=O) groups excluding carboxylic acids is 2. The van der Waals surface area contributed by atoms with Crippen LogP contribution in [0.4, 0.5) is 0 Å². The van der Waals surface area contributed by atoms with E-state index in [-0.39, 0.29) is 42.5 Å². The smallest absolute Gasteiger partial charge is 0.312 e. The average Bonchev–Trinajstić information content (AvgIpc) is 3.17. The average molecular weight is 854 g/mol. The SMILES string of the molecule is C=CC[C@@](C)(C[C@H](c1cccc(Cl)c1)[C@@H](O)c1ccc(Cl)cc1)C(=O)N[C@H](CO)C(C)C.C=CC[C@@]1(C)C[C@H](c2cccc(Cl)c2)[C@H](c2ccc(Cl)cc2)OC1=O. The van der Waals surface area contributed by atoms with Crippen molar-refractivity contribution in [2.75, 3.05) is 6.61 Å². The minimum absolute atomic E-state index is 0.0162. The molecule has 7 atom stereocenters. The Kier molecular flexibility index (Phi) is 16.9. The molecule has 10 heteroatoms. The van der Waals surface area contributed by atoms with Crippen molar-refractivity contribution < 1.29 is 24.5 Å². The number of rotatable bonds is 15. The molecule has 0 bridgehead atoms. The van der Waals surface area contributed by atoms with Gasteiger partial charge in [0.05, 0.1) is 29.6 Å². The molecule has 0 aliphatic carbocycles. The monoisotopic (exact) mass is 851 g/mol. The minimum atomic E-state index is -0.874. The number of aliphatic hydroxyl groups is 2. The lowest BCUT2D eigenvalue weighted by Gasteiger charge is -2.41. The number of hydrogen-bond donors (Lipinski definition) is 3. The molecule has 6 nitrogen and oxygen atoms in total. The number of allylic oxidation sites excluding steroid dienone is 2. The Morgan fingerprint density at radius 1 is 0.877 bits per heavy atom. The van der Waals surface area contributed by atoms with Crippen LogP contribution in [0.5, 0.6) is 0 Å². The van der Waals surface area contributed by atoms with E-state index >= 15 is 0 Å². The molecule has 1 saturated heterocycles.